The molecule has 1 aliphatic rings. The maximum atomic E-state index is 13.0. The first kappa shape index (κ1) is 16.6. The van der Waals surface area contributed by atoms with Crippen LogP contribution in [0.2, 0.25) is 0 Å². The van der Waals surface area contributed by atoms with Crippen molar-refractivity contribution in [3.8, 4) is 5.75 Å². The fraction of sp³-hybridized carbons (Fsp3) is 0.333. The molecule has 0 saturated carbocycles. The van der Waals surface area contributed by atoms with Crippen molar-refractivity contribution in [1.29, 1.82) is 0 Å². The number of ether oxygens (including phenoxy) is 1. The van der Waals surface area contributed by atoms with Crippen molar-refractivity contribution in [2.24, 2.45) is 0 Å². The van der Waals surface area contributed by atoms with E-state index in [1.165, 1.54) is 0 Å². The van der Waals surface area contributed by atoms with E-state index in [0.717, 1.165) is 47.6 Å². The fourth-order valence-corrected chi connectivity index (χ4v) is 3.69. The number of amides is 1. The number of aromatic nitrogens is 2. The van der Waals surface area contributed by atoms with E-state index in [-0.39, 0.29) is 11.8 Å². The summed E-state index contributed by atoms with van der Waals surface area (Å²) in [5, 5.41) is 0. The van der Waals surface area contributed by atoms with Crippen LogP contribution < -0.4 is 4.74 Å². The van der Waals surface area contributed by atoms with Gasteiger partial charge in [0.2, 0.25) is 0 Å². The largest absolute Gasteiger partial charge is 0.496 e. The number of nitrogens with zero attached hydrogens (tertiary/aromatic N) is 2. The number of hydrogen-bond donors (Lipinski definition) is 1. The van der Waals surface area contributed by atoms with Crippen LogP contribution in [-0.4, -0.2) is 41.0 Å². The first-order valence-electron chi connectivity index (χ1n) is 9.04. The zero-order valence-corrected chi connectivity index (χ0v) is 15.2. The molecule has 2 heterocycles. The molecular weight excluding hydrogens is 326 g/mol. The fourth-order valence-electron chi connectivity index (χ4n) is 3.69. The number of imidazole rings is 1. The van der Waals surface area contributed by atoms with Gasteiger partial charge in [-0.25, -0.2) is 4.98 Å². The van der Waals surface area contributed by atoms with Gasteiger partial charge in [-0.15, -0.1) is 0 Å². The van der Waals surface area contributed by atoms with Crippen molar-refractivity contribution in [1.82, 2.24) is 14.9 Å². The van der Waals surface area contributed by atoms with Crippen LogP contribution in [-0.2, 0) is 0 Å². The number of methoxy groups -OCH3 is 1. The Balaban J connectivity index is 1.55. The molecule has 1 aromatic heterocycles. The summed E-state index contributed by atoms with van der Waals surface area (Å²) in [4.78, 5) is 23.1. The number of para-hydroxylation sites is 2. The van der Waals surface area contributed by atoms with E-state index in [4.69, 9.17) is 9.72 Å². The molecule has 1 saturated heterocycles. The van der Waals surface area contributed by atoms with Crippen molar-refractivity contribution >= 4 is 16.9 Å². The predicted octanol–water partition coefficient (Wildman–Crippen LogP) is 3.90. The Morgan fingerprint density at radius 3 is 2.92 bits per heavy atom. The lowest BCUT2D eigenvalue weighted by Crippen LogP contribution is -2.39. The molecule has 5 nitrogen and oxygen atoms in total. The highest BCUT2D eigenvalue weighted by molar-refractivity contribution is 5.95. The van der Waals surface area contributed by atoms with Crippen LogP contribution in [0, 0.1) is 6.92 Å². The monoisotopic (exact) mass is 349 g/mol. The third-order valence-corrected chi connectivity index (χ3v) is 5.16. The summed E-state index contributed by atoms with van der Waals surface area (Å²) in [5.41, 5.74) is 3.74. The number of aromatic amines is 1. The summed E-state index contributed by atoms with van der Waals surface area (Å²) in [7, 11) is 1.63. The number of hydrogen-bond acceptors (Lipinski definition) is 3. The third-order valence-electron chi connectivity index (χ3n) is 5.16. The molecule has 1 fully saturated rings. The van der Waals surface area contributed by atoms with E-state index in [1.54, 1.807) is 7.11 Å². The molecule has 5 heteroatoms. The number of H-pyrrole nitrogens is 1. The molecule has 26 heavy (non-hydrogen) atoms. The number of piperidine rings is 1. The number of benzene rings is 2. The van der Waals surface area contributed by atoms with Gasteiger partial charge in [-0.2, -0.15) is 0 Å². The number of nitrogens with one attached hydrogen (secondary N) is 1. The Bertz CT molecular complexity index is 914. The molecule has 134 valence electrons. The average molecular weight is 349 g/mol. The highest BCUT2D eigenvalue weighted by Crippen LogP contribution is 2.28. The van der Waals surface area contributed by atoms with Gasteiger partial charge in [0, 0.05) is 24.6 Å². The Hall–Kier alpha value is -2.82. The van der Waals surface area contributed by atoms with Crippen molar-refractivity contribution < 1.29 is 9.53 Å². The van der Waals surface area contributed by atoms with Gasteiger partial charge < -0.3 is 14.6 Å². The second-order valence-electron chi connectivity index (χ2n) is 6.91. The minimum atomic E-state index is 0.0594. The van der Waals surface area contributed by atoms with Gasteiger partial charge in [-0.3, -0.25) is 4.79 Å². The van der Waals surface area contributed by atoms with E-state index in [0.29, 0.717) is 12.1 Å². The second kappa shape index (κ2) is 6.83. The van der Waals surface area contributed by atoms with Crippen LogP contribution in [0.15, 0.2) is 42.5 Å². The lowest BCUT2D eigenvalue weighted by molar-refractivity contribution is 0.0704. The summed E-state index contributed by atoms with van der Waals surface area (Å²) in [6.45, 7) is 3.45. The second-order valence-corrected chi connectivity index (χ2v) is 6.91. The van der Waals surface area contributed by atoms with Gasteiger partial charge >= 0.3 is 0 Å². The van der Waals surface area contributed by atoms with Crippen LogP contribution in [0.1, 0.15) is 40.5 Å². The molecule has 2 aromatic carbocycles. The zero-order chi connectivity index (χ0) is 18.1. The molecule has 0 spiro atoms. The smallest absolute Gasteiger partial charge is 0.254 e. The van der Waals surface area contributed by atoms with Crippen molar-refractivity contribution in [2.45, 2.75) is 25.7 Å². The Morgan fingerprint density at radius 1 is 1.27 bits per heavy atom. The molecule has 1 N–H and O–H groups in total. The zero-order valence-electron chi connectivity index (χ0n) is 15.2. The maximum absolute atomic E-state index is 13.0. The summed E-state index contributed by atoms with van der Waals surface area (Å²) in [6, 6.07) is 13.7. The Morgan fingerprint density at radius 2 is 2.12 bits per heavy atom. The van der Waals surface area contributed by atoms with E-state index in [2.05, 4.69) is 4.98 Å². The minimum Gasteiger partial charge on any atom is -0.496 e. The molecular formula is C21H23N3O2. The van der Waals surface area contributed by atoms with Gasteiger partial charge in [-0.1, -0.05) is 18.2 Å². The highest BCUT2D eigenvalue weighted by atomic mass is 16.5. The SMILES string of the molecule is COc1cc(C(=O)N2CCC[C@@H](c3nc4ccccc4[nH]3)C2)ccc1C. The van der Waals surface area contributed by atoms with E-state index < -0.39 is 0 Å². The molecule has 3 aromatic rings. The first-order chi connectivity index (χ1) is 12.7. The lowest BCUT2D eigenvalue weighted by atomic mass is 9.96. The van der Waals surface area contributed by atoms with Gasteiger partial charge in [0.25, 0.3) is 5.91 Å². The van der Waals surface area contributed by atoms with Crippen molar-refractivity contribution in [3.63, 3.8) is 0 Å². The average Bonchev–Trinajstić information content (AvgIpc) is 3.12. The molecule has 0 aliphatic carbocycles. The third kappa shape index (κ3) is 3.05. The predicted molar refractivity (Wildman–Crippen MR) is 102 cm³/mol. The molecule has 1 amide bonds. The van der Waals surface area contributed by atoms with Crippen molar-refractivity contribution in [2.75, 3.05) is 20.2 Å². The number of carbonyl (C=O) groups excluding carboxylic acids is 1. The van der Waals surface area contributed by atoms with Gasteiger partial charge in [0.05, 0.1) is 18.1 Å². The summed E-state index contributed by atoms with van der Waals surface area (Å²) >= 11 is 0. The molecule has 1 aliphatic heterocycles. The van der Waals surface area contributed by atoms with Crippen LogP contribution >= 0.6 is 0 Å². The summed E-state index contributed by atoms with van der Waals surface area (Å²) < 4.78 is 5.36. The van der Waals surface area contributed by atoms with E-state index in [9.17, 15) is 4.79 Å². The lowest BCUT2D eigenvalue weighted by Gasteiger charge is -2.32. The number of fused-ring (bicyclic) bond motifs is 1. The normalized spacial score (nSPS) is 17.5. The Kier molecular flexibility index (Phi) is 4.37. The molecule has 0 bridgehead atoms. The molecule has 1 atom stereocenters. The Labute approximate surface area is 153 Å². The summed E-state index contributed by atoms with van der Waals surface area (Å²) in [5.74, 6) is 2.03. The number of aryl methyl sites for hydroxylation is 1. The van der Waals surface area contributed by atoms with Crippen LogP contribution in [0.5, 0.6) is 5.75 Å². The molecule has 0 radical (unpaired) electrons. The number of carbonyl (C=O) groups is 1. The number of rotatable bonds is 3. The molecule has 4 rings (SSSR count). The van der Waals surface area contributed by atoms with Gasteiger partial charge in [-0.05, 0) is 49.6 Å². The first-order valence-corrected chi connectivity index (χ1v) is 9.04. The van der Waals surface area contributed by atoms with Gasteiger partial charge in [0.15, 0.2) is 0 Å². The maximum Gasteiger partial charge on any atom is 0.254 e. The molecule has 0 unspecified atom stereocenters. The number of likely N-dealkylation sites (tertiary alicyclic amines) is 1. The van der Waals surface area contributed by atoms with Gasteiger partial charge in [0.1, 0.15) is 11.6 Å². The quantitative estimate of drug-likeness (QED) is 0.780. The van der Waals surface area contributed by atoms with E-state index in [1.807, 2.05) is 54.3 Å². The van der Waals surface area contributed by atoms with E-state index >= 15 is 0 Å². The summed E-state index contributed by atoms with van der Waals surface area (Å²) in [6.07, 6.45) is 2.03. The van der Waals surface area contributed by atoms with Crippen LogP contribution in [0.3, 0.4) is 0 Å². The highest BCUT2D eigenvalue weighted by Gasteiger charge is 2.27. The minimum absolute atomic E-state index is 0.0594. The van der Waals surface area contributed by atoms with Crippen LogP contribution in [0.4, 0.5) is 0 Å². The topological polar surface area (TPSA) is 58.2 Å². The standard InChI is InChI=1S/C21H23N3O2/c1-14-9-10-15(12-19(14)26-2)21(25)24-11-5-6-16(13-24)20-22-17-7-3-4-8-18(17)23-20/h3-4,7-10,12,16H,5-6,11,13H2,1-2H3,(H,22,23)/t16-/m1/s1. The van der Waals surface area contributed by atoms with Crippen LogP contribution in [0.25, 0.3) is 11.0 Å². The van der Waals surface area contributed by atoms with Crippen molar-refractivity contribution in [3.05, 3.63) is 59.4 Å².